The molecular formula is C25H53NO. The first-order valence-corrected chi connectivity index (χ1v) is 10.8. The molecule has 0 N–H and O–H groups in total. The summed E-state index contributed by atoms with van der Waals surface area (Å²) in [4.78, 5) is 13.9. The van der Waals surface area contributed by atoms with Crippen molar-refractivity contribution >= 4 is 12.0 Å². The van der Waals surface area contributed by atoms with Gasteiger partial charge in [-0.1, -0.05) is 87.1 Å². The van der Waals surface area contributed by atoms with Gasteiger partial charge in [0.2, 0.25) is 0 Å². The van der Waals surface area contributed by atoms with E-state index in [4.69, 9.17) is 0 Å². The smallest absolute Gasteiger partial charge is 0.129 e. The fourth-order valence-electron chi connectivity index (χ4n) is 1.34. The fraction of sp³-hybridized carbons (Fsp3) is 0.760. The topological polar surface area (TPSA) is 29.4 Å². The van der Waals surface area contributed by atoms with Crippen LogP contribution in [0.2, 0.25) is 0 Å². The molecule has 0 aliphatic carbocycles. The number of carbonyl (C=O) groups is 1. The zero-order valence-corrected chi connectivity index (χ0v) is 21.0. The Morgan fingerprint density at radius 1 is 0.926 bits per heavy atom. The van der Waals surface area contributed by atoms with Crippen molar-refractivity contribution < 1.29 is 4.79 Å². The lowest BCUT2D eigenvalue weighted by Crippen LogP contribution is -1.81. The van der Waals surface area contributed by atoms with Gasteiger partial charge in [0.1, 0.15) is 5.78 Å². The SMILES string of the molecule is C#C.CC.CC.CCC(C)=O.CCC/C(C)=C/C=NCC.CCCC(C)C. The van der Waals surface area contributed by atoms with Crippen molar-refractivity contribution in [3.63, 3.8) is 0 Å². The monoisotopic (exact) mass is 383 g/mol. The van der Waals surface area contributed by atoms with E-state index < -0.39 is 0 Å². The third-order valence-corrected chi connectivity index (χ3v) is 2.66. The quantitative estimate of drug-likeness (QED) is 0.320. The maximum atomic E-state index is 9.81. The summed E-state index contributed by atoms with van der Waals surface area (Å²) >= 11 is 0. The summed E-state index contributed by atoms with van der Waals surface area (Å²) in [6, 6.07) is 0. The molecule has 0 unspecified atom stereocenters. The first kappa shape index (κ1) is 40.4. The van der Waals surface area contributed by atoms with Crippen molar-refractivity contribution in [3.8, 4) is 12.8 Å². The molecule has 0 radical (unpaired) electrons. The van der Waals surface area contributed by atoms with Crippen LogP contribution in [0.1, 0.15) is 115 Å². The molecule has 0 saturated carbocycles. The minimum Gasteiger partial charge on any atom is -0.300 e. The van der Waals surface area contributed by atoms with Crippen LogP contribution in [-0.4, -0.2) is 18.5 Å². The molecule has 0 aliphatic heterocycles. The molecule has 0 aliphatic rings. The van der Waals surface area contributed by atoms with E-state index in [0.717, 1.165) is 12.5 Å². The van der Waals surface area contributed by atoms with Crippen LogP contribution in [0.3, 0.4) is 0 Å². The highest BCUT2D eigenvalue weighted by molar-refractivity contribution is 5.74. The summed E-state index contributed by atoms with van der Waals surface area (Å²) in [5.41, 5.74) is 1.42. The van der Waals surface area contributed by atoms with E-state index in [-0.39, 0.29) is 5.78 Å². The van der Waals surface area contributed by atoms with E-state index in [1.807, 2.05) is 47.8 Å². The fourth-order valence-corrected chi connectivity index (χ4v) is 1.34. The van der Waals surface area contributed by atoms with Gasteiger partial charge in [-0.2, -0.15) is 0 Å². The second-order valence-electron chi connectivity index (χ2n) is 5.65. The molecule has 0 rings (SSSR count). The maximum Gasteiger partial charge on any atom is 0.129 e. The molecule has 0 amide bonds. The molecule has 0 spiro atoms. The van der Waals surface area contributed by atoms with Crippen molar-refractivity contribution in [1.82, 2.24) is 0 Å². The van der Waals surface area contributed by atoms with Crippen LogP contribution in [-0.2, 0) is 4.79 Å². The highest BCUT2D eigenvalue weighted by Gasteiger charge is 1.85. The Bertz CT molecular complexity index is 299. The number of rotatable bonds is 7. The maximum absolute atomic E-state index is 9.81. The molecule has 27 heavy (non-hydrogen) atoms. The Hall–Kier alpha value is -1.36. The third kappa shape index (κ3) is 93.2. The molecule has 0 aromatic carbocycles. The van der Waals surface area contributed by atoms with Gasteiger partial charge in [-0.25, -0.2) is 0 Å². The summed E-state index contributed by atoms with van der Waals surface area (Å²) in [6.07, 6.45) is 17.8. The summed E-state index contributed by atoms with van der Waals surface area (Å²) in [7, 11) is 0. The number of ketones is 1. The van der Waals surface area contributed by atoms with Gasteiger partial charge in [0.15, 0.2) is 0 Å². The lowest BCUT2D eigenvalue weighted by molar-refractivity contribution is -0.116. The predicted molar refractivity (Wildman–Crippen MR) is 131 cm³/mol. The van der Waals surface area contributed by atoms with Crippen LogP contribution < -0.4 is 0 Å². The van der Waals surface area contributed by atoms with Crippen molar-refractivity contribution in [2.24, 2.45) is 10.9 Å². The largest absolute Gasteiger partial charge is 0.300 e. The van der Waals surface area contributed by atoms with E-state index in [0.29, 0.717) is 6.42 Å². The second-order valence-corrected chi connectivity index (χ2v) is 5.65. The molecule has 0 atom stereocenters. The number of Topliss-reactive ketones (excluding diaryl/α,β-unsaturated/α-hetero) is 1. The van der Waals surface area contributed by atoms with Crippen LogP contribution in [0.15, 0.2) is 16.6 Å². The van der Waals surface area contributed by atoms with Gasteiger partial charge in [0.25, 0.3) is 0 Å². The molecule has 164 valence electrons. The second kappa shape index (κ2) is 49.7. The minimum atomic E-state index is 0.255. The van der Waals surface area contributed by atoms with Gasteiger partial charge in [0.05, 0.1) is 0 Å². The van der Waals surface area contributed by atoms with Gasteiger partial charge in [-0.05, 0) is 39.2 Å². The molecule has 0 fully saturated rings. The molecule has 0 heterocycles. The van der Waals surface area contributed by atoms with Crippen molar-refractivity contribution in [2.45, 2.75) is 115 Å². The first-order valence-electron chi connectivity index (χ1n) is 10.8. The predicted octanol–water partition coefficient (Wildman–Crippen LogP) is 8.55. The molecule has 2 heteroatoms. The molecule has 2 nitrogen and oxygen atoms in total. The average Bonchev–Trinajstić information content (AvgIpc) is 2.68. The Labute approximate surface area is 174 Å². The van der Waals surface area contributed by atoms with Gasteiger partial charge in [0, 0.05) is 19.2 Å². The normalized spacial score (nSPS) is 8.93. The van der Waals surface area contributed by atoms with E-state index in [1.165, 1.54) is 31.3 Å². The number of terminal acetylenes is 1. The van der Waals surface area contributed by atoms with E-state index >= 15 is 0 Å². The number of allylic oxidation sites excluding steroid dienone is 2. The van der Waals surface area contributed by atoms with Gasteiger partial charge in [-0.15, -0.1) is 12.8 Å². The third-order valence-electron chi connectivity index (χ3n) is 2.66. The Kier molecular flexibility index (Phi) is 74.3. The number of hydrogen-bond acceptors (Lipinski definition) is 2. The van der Waals surface area contributed by atoms with Crippen LogP contribution in [0.25, 0.3) is 0 Å². The van der Waals surface area contributed by atoms with Crippen molar-refractivity contribution in [2.75, 3.05) is 6.54 Å². The van der Waals surface area contributed by atoms with E-state index in [1.54, 1.807) is 6.92 Å². The lowest BCUT2D eigenvalue weighted by atomic mass is 10.1. The lowest BCUT2D eigenvalue weighted by Gasteiger charge is -1.95. The summed E-state index contributed by atoms with van der Waals surface area (Å²) in [5.74, 6) is 1.15. The number of carbonyl (C=O) groups excluding carboxylic acids is 1. The summed E-state index contributed by atoms with van der Waals surface area (Å²) in [6.45, 7) is 25.4. The molecule has 0 bridgehead atoms. The Morgan fingerprint density at radius 2 is 1.33 bits per heavy atom. The van der Waals surface area contributed by atoms with E-state index in [9.17, 15) is 4.79 Å². The molecule has 0 saturated heterocycles. The zero-order chi connectivity index (χ0) is 23.1. The van der Waals surface area contributed by atoms with E-state index in [2.05, 4.69) is 58.5 Å². The Morgan fingerprint density at radius 3 is 1.52 bits per heavy atom. The zero-order valence-electron chi connectivity index (χ0n) is 21.0. The van der Waals surface area contributed by atoms with Crippen LogP contribution in [0, 0.1) is 18.8 Å². The van der Waals surface area contributed by atoms with Gasteiger partial charge >= 0.3 is 0 Å². The molecule has 0 aromatic heterocycles. The summed E-state index contributed by atoms with van der Waals surface area (Å²) < 4.78 is 0. The Balaban J connectivity index is -0.0000000561. The minimum absolute atomic E-state index is 0.255. The molecular weight excluding hydrogens is 330 g/mol. The van der Waals surface area contributed by atoms with Crippen molar-refractivity contribution in [1.29, 1.82) is 0 Å². The number of nitrogens with zero attached hydrogens (tertiary/aromatic N) is 1. The highest BCUT2D eigenvalue weighted by atomic mass is 16.1. The van der Waals surface area contributed by atoms with Crippen LogP contribution in [0.4, 0.5) is 0 Å². The highest BCUT2D eigenvalue weighted by Crippen LogP contribution is 2.01. The van der Waals surface area contributed by atoms with Gasteiger partial charge < -0.3 is 4.79 Å². The summed E-state index contributed by atoms with van der Waals surface area (Å²) in [5, 5.41) is 0. The van der Waals surface area contributed by atoms with Crippen LogP contribution in [0.5, 0.6) is 0 Å². The first-order chi connectivity index (χ1) is 12.8. The average molecular weight is 384 g/mol. The number of hydrogen-bond donors (Lipinski definition) is 0. The van der Waals surface area contributed by atoms with Gasteiger partial charge in [-0.3, -0.25) is 4.99 Å². The number of aliphatic imine (C=N–C) groups is 1. The van der Waals surface area contributed by atoms with Crippen LogP contribution >= 0.6 is 0 Å². The van der Waals surface area contributed by atoms with Crippen molar-refractivity contribution in [3.05, 3.63) is 11.6 Å². The molecule has 0 aromatic rings. The standard InChI is InChI=1S/C9H17N.C6H14.C4H8O.2C2H6.C2H2/c1-4-6-9(3)7-8-10-5-2;1-4-5-6(2)3;1-3-4(2)5;3*1-2/h7-8H,4-6H2,1-3H3;6H,4-5H2,1-3H3;3H2,1-2H3;2*1-2H3;1-2H/b9-7+,10-8?;;;;;.